The first-order valence-corrected chi connectivity index (χ1v) is 12.5. The van der Waals surface area contributed by atoms with Crippen LogP contribution < -0.4 is 4.74 Å². The third kappa shape index (κ3) is 4.27. The van der Waals surface area contributed by atoms with E-state index in [9.17, 15) is 19.2 Å². The second kappa shape index (κ2) is 9.79. The van der Waals surface area contributed by atoms with Gasteiger partial charge in [0.25, 0.3) is 5.91 Å². The lowest BCUT2D eigenvalue weighted by atomic mass is 9.75. The largest absolute Gasteiger partial charge is 0.497 e. The molecule has 1 aromatic carbocycles. The molecule has 1 saturated carbocycles. The SMILES string of the molecule is COc1cccc([C@@]2(CC(=O)N3CCN(C(=O)c4ccco4)CC3)CC(=O)N(C3CCCC3)C2=O)c1. The Bertz CT molecular complexity index is 1150. The summed E-state index contributed by atoms with van der Waals surface area (Å²) in [5.41, 5.74) is -0.632. The number of rotatable bonds is 6. The standard InChI is InChI=1S/C27H31N3O6/c1-35-21-9-4-6-19(16-21)27(18-24(32)30(26(27)34)20-7-2-3-8-20)17-23(31)28-11-13-29(14-12-28)25(33)22-10-5-15-36-22/h4-6,9-10,15-16,20H,2-3,7-8,11-14,17-18H2,1H3/t27-/m1/s1. The van der Waals surface area contributed by atoms with Crippen LogP contribution in [0.3, 0.4) is 0 Å². The van der Waals surface area contributed by atoms with Gasteiger partial charge >= 0.3 is 0 Å². The summed E-state index contributed by atoms with van der Waals surface area (Å²) in [5, 5.41) is 0. The van der Waals surface area contributed by atoms with Crippen molar-refractivity contribution in [3.05, 3.63) is 54.0 Å². The highest BCUT2D eigenvalue weighted by atomic mass is 16.5. The third-order valence-corrected chi connectivity index (χ3v) is 7.77. The molecule has 190 valence electrons. The number of piperazine rings is 1. The van der Waals surface area contributed by atoms with Crippen LogP contribution in [0.1, 0.15) is 54.6 Å². The minimum Gasteiger partial charge on any atom is -0.497 e. The third-order valence-electron chi connectivity index (χ3n) is 7.77. The second-order valence-corrected chi connectivity index (χ2v) is 9.83. The minimum atomic E-state index is -1.26. The quantitative estimate of drug-likeness (QED) is 0.574. The number of carbonyl (C=O) groups excluding carboxylic acids is 4. The summed E-state index contributed by atoms with van der Waals surface area (Å²) in [4.78, 5) is 58.1. The number of hydrogen-bond donors (Lipinski definition) is 0. The maximum Gasteiger partial charge on any atom is 0.289 e. The van der Waals surface area contributed by atoms with Gasteiger partial charge in [-0.3, -0.25) is 24.1 Å². The van der Waals surface area contributed by atoms with Crippen molar-refractivity contribution in [3.8, 4) is 5.75 Å². The molecule has 2 saturated heterocycles. The number of carbonyl (C=O) groups is 4. The van der Waals surface area contributed by atoms with Crippen molar-refractivity contribution in [2.24, 2.45) is 0 Å². The van der Waals surface area contributed by atoms with Gasteiger partial charge in [-0.15, -0.1) is 0 Å². The van der Waals surface area contributed by atoms with Crippen LogP contribution in [-0.4, -0.2) is 77.7 Å². The van der Waals surface area contributed by atoms with E-state index < -0.39 is 5.41 Å². The van der Waals surface area contributed by atoms with E-state index in [1.165, 1.54) is 11.2 Å². The Morgan fingerprint density at radius 2 is 1.75 bits per heavy atom. The molecule has 0 radical (unpaired) electrons. The van der Waals surface area contributed by atoms with E-state index in [-0.39, 0.29) is 48.3 Å². The number of ether oxygens (including phenoxy) is 1. The first-order chi connectivity index (χ1) is 17.4. The van der Waals surface area contributed by atoms with Gasteiger partial charge in [-0.25, -0.2) is 0 Å². The lowest BCUT2D eigenvalue weighted by Gasteiger charge is -2.36. The molecule has 4 amide bonds. The Kier molecular flexibility index (Phi) is 6.55. The maximum absolute atomic E-state index is 13.9. The molecule has 1 aromatic heterocycles. The number of likely N-dealkylation sites (tertiary alicyclic amines) is 1. The average molecular weight is 494 g/mol. The molecule has 0 spiro atoms. The summed E-state index contributed by atoms with van der Waals surface area (Å²) in [6.07, 6.45) is 4.94. The fourth-order valence-corrected chi connectivity index (χ4v) is 5.77. The molecule has 1 aliphatic carbocycles. The number of amides is 4. The molecular formula is C27H31N3O6. The molecule has 2 aromatic rings. The molecule has 0 unspecified atom stereocenters. The predicted octanol–water partition coefficient (Wildman–Crippen LogP) is 2.60. The van der Waals surface area contributed by atoms with Gasteiger partial charge in [-0.05, 0) is 42.7 Å². The van der Waals surface area contributed by atoms with E-state index in [4.69, 9.17) is 9.15 Å². The molecule has 3 fully saturated rings. The van der Waals surface area contributed by atoms with Gasteiger partial charge in [0.15, 0.2) is 5.76 Å². The van der Waals surface area contributed by atoms with Crippen molar-refractivity contribution in [1.29, 1.82) is 0 Å². The van der Waals surface area contributed by atoms with Crippen LogP contribution >= 0.6 is 0 Å². The molecule has 3 aliphatic rings. The van der Waals surface area contributed by atoms with E-state index in [0.717, 1.165) is 25.7 Å². The van der Waals surface area contributed by atoms with Crippen LogP contribution in [0, 0.1) is 0 Å². The molecule has 2 aliphatic heterocycles. The zero-order valence-corrected chi connectivity index (χ0v) is 20.5. The Hall–Kier alpha value is -3.62. The van der Waals surface area contributed by atoms with Gasteiger partial charge in [0.2, 0.25) is 17.7 Å². The van der Waals surface area contributed by atoms with Gasteiger partial charge in [0, 0.05) is 45.1 Å². The highest BCUT2D eigenvalue weighted by Gasteiger charge is 2.56. The molecule has 3 heterocycles. The van der Waals surface area contributed by atoms with Crippen LogP contribution in [0.15, 0.2) is 47.1 Å². The van der Waals surface area contributed by atoms with Crippen molar-refractivity contribution in [3.63, 3.8) is 0 Å². The summed E-state index contributed by atoms with van der Waals surface area (Å²) in [5.74, 6) is -0.0529. The Morgan fingerprint density at radius 3 is 2.42 bits per heavy atom. The number of hydrogen-bond acceptors (Lipinski definition) is 6. The molecular weight excluding hydrogens is 462 g/mol. The molecule has 1 atom stereocenters. The molecule has 9 nitrogen and oxygen atoms in total. The molecule has 36 heavy (non-hydrogen) atoms. The van der Waals surface area contributed by atoms with Crippen molar-refractivity contribution in [2.75, 3.05) is 33.3 Å². The van der Waals surface area contributed by atoms with Crippen LogP contribution in [0.4, 0.5) is 0 Å². The summed E-state index contributed by atoms with van der Waals surface area (Å²) in [7, 11) is 1.55. The Labute approximate surface area is 210 Å². The van der Waals surface area contributed by atoms with Crippen molar-refractivity contribution >= 4 is 23.6 Å². The van der Waals surface area contributed by atoms with Crippen LogP contribution in [0.2, 0.25) is 0 Å². The van der Waals surface area contributed by atoms with Crippen LogP contribution in [0.25, 0.3) is 0 Å². The molecule has 9 heteroatoms. The van der Waals surface area contributed by atoms with Gasteiger partial charge in [-0.2, -0.15) is 0 Å². The topological polar surface area (TPSA) is 100 Å². The summed E-state index contributed by atoms with van der Waals surface area (Å²) in [6.45, 7) is 1.46. The first kappa shape index (κ1) is 24.1. The fourth-order valence-electron chi connectivity index (χ4n) is 5.77. The summed E-state index contributed by atoms with van der Waals surface area (Å²) in [6, 6.07) is 10.3. The monoisotopic (exact) mass is 493 g/mol. The van der Waals surface area contributed by atoms with E-state index in [1.807, 2.05) is 0 Å². The Balaban J connectivity index is 1.36. The molecule has 0 N–H and O–H groups in total. The highest BCUT2D eigenvalue weighted by molar-refractivity contribution is 6.11. The average Bonchev–Trinajstić information content (AvgIpc) is 3.66. The maximum atomic E-state index is 13.9. The number of benzene rings is 1. The number of furan rings is 1. The minimum absolute atomic E-state index is 0.0296. The van der Waals surface area contributed by atoms with Crippen molar-refractivity contribution in [2.45, 2.75) is 50.0 Å². The first-order valence-electron chi connectivity index (χ1n) is 12.5. The normalized spacial score (nSPS) is 23.0. The molecule has 5 rings (SSSR count). The summed E-state index contributed by atoms with van der Waals surface area (Å²) < 4.78 is 10.6. The van der Waals surface area contributed by atoms with E-state index in [1.54, 1.807) is 53.3 Å². The van der Waals surface area contributed by atoms with Gasteiger partial charge < -0.3 is 19.0 Å². The molecule has 0 bridgehead atoms. The number of imide groups is 1. The lowest BCUT2D eigenvalue weighted by molar-refractivity contribution is -0.145. The van der Waals surface area contributed by atoms with Crippen molar-refractivity contribution in [1.82, 2.24) is 14.7 Å². The van der Waals surface area contributed by atoms with Gasteiger partial charge in [0.05, 0.1) is 18.8 Å². The van der Waals surface area contributed by atoms with Gasteiger partial charge in [-0.1, -0.05) is 25.0 Å². The van der Waals surface area contributed by atoms with Crippen LogP contribution in [0.5, 0.6) is 5.75 Å². The lowest BCUT2D eigenvalue weighted by Crippen LogP contribution is -2.52. The predicted molar refractivity (Wildman–Crippen MR) is 129 cm³/mol. The summed E-state index contributed by atoms with van der Waals surface area (Å²) >= 11 is 0. The zero-order chi connectivity index (χ0) is 25.3. The van der Waals surface area contributed by atoms with Crippen LogP contribution in [-0.2, 0) is 19.8 Å². The van der Waals surface area contributed by atoms with Gasteiger partial charge in [0.1, 0.15) is 5.75 Å². The number of nitrogens with zero attached hydrogens (tertiary/aromatic N) is 3. The second-order valence-electron chi connectivity index (χ2n) is 9.83. The van der Waals surface area contributed by atoms with Crippen molar-refractivity contribution < 1.29 is 28.3 Å². The fraction of sp³-hybridized carbons (Fsp3) is 0.481. The smallest absolute Gasteiger partial charge is 0.289 e. The Morgan fingerprint density at radius 1 is 1.03 bits per heavy atom. The highest BCUT2D eigenvalue weighted by Crippen LogP contribution is 2.44. The van der Waals surface area contributed by atoms with E-state index >= 15 is 0 Å². The zero-order valence-electron chi connectivity index (χ0n) is 20.5. The van der Waals surface area contributed by atoms with E-state index in [0.29, 0.717) is 37.5 Å². The van der Waals surface area contributed by atoms with E-state index in [2.05, 4.69) is 0 Å². The number of methoxy groups -OCH3 is 1.